The number of aliphatic imine (C=N–C) groups is 1. The van der Waals surface area contributed by atoms with Crippen LogP contribution >= 0.6 is 11.3 Å². The molecule has 0 radical (unpaired) electrons. The van der Waals surface area contributed by atoms with Crippen LogP contribution in [0.3, 0.4) is 0 Å². The minimum atomic E-state index is -0.772. The van der Waals surface area contributed by atoms with Crippen molar-refractivity contribution in [1.82, 2.24) is 9.97 Å². The molecule has 2 aliphatic rings. The Bertz CT molecular complexity index is 1350. The highest BCUT2D eigenvalue weighted by Crippen LogP contribution is 2.52. The van der Waals surface area contributed by atoms with Crippen LogP contribution in [0.1, 0.15) is 16.1 Å². The molecule has 2 aliphatic heterocycles. The average Bonchev–Trinajstić information content (AvgIpc) is 3.41. The molecule has 2 aromatic heterocycles. The Labute approximate surface area is 183 Å². The fraction of sp³-hybridized carbons (Fsp3) is 0.125. The van der Waals surface area contributed by atoms with Crippen LogP contribution in [0, 0.1) is 6.92 Å². The van der Waals surface area contributed by atoms with Crippen LogP contribution in [0.4, 0.5) is 0 Å². The van der Waals surface area contributed by atoms with Gasteiger partial charge >= 0.3 is 0 Å². The third-order valence-electron chi connectivity index (χ3n) is 5.71. The maximum atomic E-state index is 6.29. The number of hydrogen-bond acceptors (Lipinski definition) is 7. The zero-order valence-corrected chi connectivity index (χ0v) is 17.5. The Morgan fingerprint density at radius 3 is 2.42 bits per heavy atom. The molecule has 4 aromatic rings. The van der Waals surface area contributed by atoms with E-state index in [4.69, 9.17) is 20.2 Å². The monoisotopic (exact) mass is 426 g/mol. The SMILES string of the molecule is Cc1nc(-c2ccc3c(c2)[C@]2(COC(N)=N2)c2cc(-c4cccnc4)ccc2O3)cs1. The van der Waals surface area contributed by atoms with Crippen molar-refractivity contribution in [3.63, 3.8) is 0 Å². The molecule has 0 saturated heterocycles. The molecule has 6 nitrogen and oxygen atoms in total. The van der Waals surface area contributed by atoms with Crippen molar-refractivity contribution in [3.8, 4) is 33.9 Å². The predicted molar refractivity (Wildman–Crippen MR) is 120 cm³/mol. The number of nitrogens with two attached hydrogens (primary N) is 1. The molecule has 0 amide bonds. The lowest BCUT2D eigenvalue weighted by Crippen LogP contribution is -2.31. The summed E-state index contributed by atoms with van der Waals surface area (Å²) in [5.74, 6) is 1.50. The van der Waals surface area contributed by atoms with Crippen LogP contribution in [0.25, 0.3) is 22.4 Å². The largest absolute Gasteiger partial charge is 0.462 e. The molecule has 0 saturated carbocycles. The van der Waals surface area contributed by atoms with Crippen LogP contribution in [0.5, 0.6) is 11.5 Å². The van der Waals surface area contributed by atoms with E-state index >= 15 is 0 Å². The van der Waals surface area contributed by atoms with Crippen molar-refractivity contribution in [2.45, 2.75) is 12.5 Å². The number of aromatic nitrogens is 2. The van der Waals surface area contributed by atoms with Gasteiger partial charge in [0.25, 0.3) is 6.02 Å². The van der Waals surface area contributed by atoms with Gasteiger partial charge in [-0.2, -0.15) is 0 Å². The molecule has 31 heavy (non-hydrogen) atoms. The maximum Gasteiger partial charge on any atom is 0.283 e. The molecule has 2 aromatic carbocycles. The van der Waals surface area contributed by atoms with E-state index in [1.165, 1.54) is 0 Å². The summed E-state index contributed by atoms with van der Waals surface area (Å²) in [6.45, 7) is 2.32. The first kappa shape index (κ1) is 18.1. The lowest BCUT2D eigenvalue weighted by atomic mass is 9.79. The molecule has 1 atom stereocenters. The van der Waals surface area contributed by atoms with E-state index in [0.29, 0.717) is 6.61 Å². The Morgan fingerprint density at radius 2 is 1.77 bits per heavy atom. The first-order valence-corrected chi connectivity index (χ1v) is 10.8. The van der Waals surface area contributed by atoms with E-state index in [2.05, 4.69) is 27.5 Å². The normalized spacial score (nSPS) is 18.7. The number of nitrogens with zero attached hydrogens (tertiary/aromatic N) is 3. The molecular formula is C24H18N4O2S. The highest BCUT2D eigenvalue weighted by atomic mass is 32.1. The van der Waals surface area contributed by atoms with Gasteiger partial charge in [-0.3, -0.25) is 4.98 Å². The van der Waals surface area contributed by atoms with Crippen molar-refractivity contribution in [2.75, 3.05) is 6.61 Å². The van der Waals surface area contributed by atoms with Gasteiger partial charge in [0.15, 0.2) is 5.54 Å². The van der Waals surface area contributed by atoms with Crippen molar-refractivity contribution in [3.05, 3.63) is 82.4 Å². The molecule has 4 heterocycles. The van der Waals surface area contributed by atoms with Gasteiger partial charge in [-0.25, -0.2) is 9.98 Å². The van der Waals surface area contributed by atoms with E-state index < -0.39 is 5.54 Å². The molecule has 6 rings (SSSR count). The zero-order valence-electron chi connectivity index (χ0n) is 16.7. The summed E-state index contributed by atoms with van der Waals surface area (Å²) in [5, 5.41) is 3.08. The highest BCUT2D eigenvalue weighted by Gasteiger charge is 2.47. The van der Waals surface area contributed by atoms with Crippen molar-refractivity contribution in [1.29, 1.82) is 0 Å². The standard InChI is InChI=1S/C24H18N4O2S/c1-14-27-20(12-31-14)16-5-7-22-19(10-16)24(13-29-23(25)28-24)18-9-15(4-6-21(18)30-22)17-3-2-8-26-11-17/h2-12H,13H2,1H3,(H2,25,28)/t24-/m0/s1. The van der Waals surface area contributed by atoms with Gasteiger partial charge in [-0.05, 0) is 48.9 Å². The Hall–Kier alpha value is -3.71. The molecule has 7 heteroatoms. The van der Waals surface area contributed by atoms with E-state index in [1.807, 2.05) is 49.5 Å². The van der Waals surface area contributed by atoms with Gasteiger partial charge in [-0.15, -0.1) is 11.3 Å². The molecular weight excluding hydrogens is 408 g/mol. The smallest absolute Gasteiger partial charge is 0.283 e. The number of benzene rings is 2. The molecule has 0 bridgehead atoms. The number of fused-ring (bicyclic) bond motifs is 4. The maximum absolute atomic E-state index is 6.29. The third-order valence-corrected chi connectivity index (χ3v) is 6.48. The summed E-state index contributed by atoms with van der Waals surface area (Å²) in [4.78, 5) is 13.7. The number of thiazole rings is 1. The molecule has 0 aliphatic carbocycles. The second-order valence-electron chi connectivity index (χ2n) is 7.62. The van der Waals surface area contributed by atoms with Gasteiger partial charge in [-0.1, -0.05) is 12.1 Å². The number of pyridine rings is 1. The van der Waals surface area contributed by atoms with Gasteiger partial charge in [0, 0.05) is 40.0 Å². The van der Waals surface area contributed by atoms with Gasteiger partial charge < -0.3 is 15.2 Å². The lowest BCUT2D eigenvalue weighted by Gasteiger charge is -2.34. The van der Waals surface area contributed by atoms with Gasteiger partial charge in [0.2, 0.25) is 0 Å². The Morgan fingerprint density at radius 1 is 1.00 bits per heavy atom. The van der Waals surface area contributed by atoms with E-state index in [-0.39, 0.29) is 6.02 Å². The highest BCUT2D eigenvalue weighted by molar-refractivity contribution is 7.09. The van der Waals surface area contributed by atoms with Crippen LogP contribution in [-0.4, -0.2) is 22.6 Å². The first-order chi connectivity index (χ1) is 15.1. The van der Waals surface area contributed by atoms with Gasteiger partial charge in [0.05, 0.1) is 10.7 Å². The summed E-state index contributed by atoms with van der Waals surface area (Å²) in [6, 6.07) is 16.3. The molecule has 0 fully saturated rings. The second kappa shape index (κ2) is 6.65. The summed E-state index contributed by atoms with van der Waals surface area (Å²) in [6.07, 6.45) is 3.61. The Balaban J connectivity index is 1.56. The first-order valence-electron chi connectivity index (χ1n) is 9.90. The zero-order chi connectivity index (χ0) is 21.0. The van der Waals surface area contributed by atoms with E-state index in [1.54, 1.807) is 17.5 Å². The summed E-state index contributed by atoms with van der Waals surface area (Å²) >= 11 is 1.63. The van der Waals surface area contributed by atoms with Gasteiger partial charge in [0.1, 0.15) is 18.1 Å². The number of rotatable bonds is 2. The molecule has 2 N–H and O–H groups in total. The minimum Gasteiger partial charge on any atom is -0.462 e. The second-order valence-corrected chi connectivity index (χ2v) is 8.68. The van der Waals surface area contributed by atoms with Crippen LogP contribution in [-0.2, 0) is 10.3 Å². The van der Waals surface area contributed by atoms with Crippen molar-refractivity contribution >= 4 is 17.4 Å². The lowest BCUT2D eigenvalue weighted by molar-refractivity contribution is 0.264. The fourth-order valence-corrected chi connectivity index (χ4v) is 4.85. The number of amidine groups is 1. The van der Waals surface area contributed by atoms with E-state index in [0.717, 1.165) is 50.0 Å². The summed E-state index contributed by atoms with van der Waals surface area (Å²) in [5.41, 5.74) is 11.1. The average molecular weight is 427 g/mol. The summed E-state index contributed by atoms with van der Waals surface area (Å²) < 4.78 is 12.0. The third kappa shape index (κ3) is 2.81. The van der Waals surface area contributed by atoms with Crippen LogP contribution in [0.15, 0.2) is 71.3 Å². The molecule has 152 valence electrons. The number of ether oxygens (including phenoxy) is 2. The van der Waals surface area contributed by atoms with Crippen molar-refractivity contribution in [2.24, 2.45) is 10.7 Å². The van der Waals surface area contributed by atoms with Crippen molar-refractivity contribution < 1.29 is 9.47 Å². The number of hydrogen-bond donors (Lipinski definition) is 1. The topological polar surface area (TPSA) is 82.6 Å². The predicted octanol–water partition coefficient (Wildman–Crippen LogP) is 4.87. The van der Waals surface area contributed by atoms with E-state index in [9.17, 15) is 0 Å². The summed E-state index contributed by atoms with van der Waals surface area (Å²) in [7, 11) is 0. The van der Waals surface area contributed by atoms with Crippen LogP contribution in [0.2, 0.25) is 0 Å². The molecule has 0 unspecified atom stereocenters. The quantitative estimate of drug-likeness (QED) is 0.494. The Kier molecular flexibility index (Phi) is 3.88. The van der Waals surface area contributed by atoms with Crippen LogP contribution < -0.4 is 10.5 Å². The fourth-order valence-electron chi connectivity index (χ4n) is 4.22. The molecule has 1 spiro atoms. The minimum absolute atomic E-state index is 0.181. The number of aryl methyl sites for hydroxylation is 1.